The van der Waals surface area contributed by atoms with Gasteiger partial charge in [-0.25, -0.2) is 0 Å². The molecule has 1 spiro atoms. The summed E-state index contributed by atoms with van der Waals surface area (Å²) in [7, 11) is 0. The molecule has 3 aliphatic rings. The predicted octanol–water partition coefficient (Wildman–Crippen LogP) is 3.44. The summed E-state index contributed by atoms with van der Waals surface area (Å²) in [6, 6.07) is 0. The molecule has 2 aliphatic heterocycles. The van der Waals surface area contributed by atoms with Gasteiger partial charge in [0.05, 0.1) is 0 Å². The van der Waals surface area contributed by atoms with Gasteiger partial charge in [0.1, 0.15) is 0 Å². The fourth-order valence-corrected chi connectivity index (χ4v) is 6.32. The number of piperidine rings is 1. The maximum atomic E-state index is 5.10. The van der Waals surface area contributed by atoms with Crippen molar-refractivity contribution in [3.05, 3.63) is 0 Å². The van der Waals surface area contributed by atoms with Gasteiger partial charge in [-0.1, -0.05) is 26.2 Å². The Morgan fingerprint density at radius 1 is 1.16 bits per heavy atom. The molecule has 5 heteroatoms. The van der Waals surface area contributed by atoms with E-state index in [-0.39, 0.29) is 0 Å². The van der Waals surface area contributed by atoms with Gasteiger partial charge in [0, 0.05) is 43.2 Å². The molecule has 2 heterocycles. The SMILES string of the molecule is CCNC(=NCC1CCCN(CC)C1)N1CCSC2(CCCCC2)C1. The first-order chi connectivity index (χ1) is 12.2. The lowest BCUT2D eigenvalue weighted by Gasteiger charge is -2.45. The van der Waals surface area contributed by atoms with Crippen molar-refractivity contribution in [1.29, 1.82) is 0 Å². The molecule has 0 amide bonds. The van der Waals surface area contributed by atoms with E-state index in [0.717, 1.165) is 25.6 Å². The maximum Gasteiger partial charge on any atom is 0.193 e. The minimum absolute atomic E-state index is 0.510. The first-order valence-electron chi connectivity index (χ1n) is 10.6. The van der Waals surface area contributed by atoms with E-state index < -0.39 is 0 Å². The molecule has 1 atom stereocenters. The zero-order valence-corrected chi connectivity index (χ0v) is 17.3. The second-order valence-corrected chi connectivity index (χ2v) is 9.67. The Kier molecular flexibility index (Phi) is 7.35. The van der Waals surface area contributed by atoms with Crippen molar-refractivity contribution in [1.82, 2.24) is 15.1 Å². The minimum Gasteiger partial charge on any atom is -0.357 e. The van der Waals surface area contributed by atoms with Crippen molar-refractivity contribution >= 4 is 17.7 Å². The number of thioether (sulfide) groups is 1. The molecule has 1 unspecified atom stereocenters. The van der Waals surface area contributed by atoms with Gasteiger partial charge in [-0.3, -0.25) is 4.99 Å². The number of nitrogens with one attached hydrogen (secondary N) is 1. The molecule has 3 fully saturated rings. The van der Waals surface area contributed by atoms with Crippen LogP contribution in [0, 0.1) is 5.92 Å². The van der Waals surface area contributed by atoms with Crippen LogP contribution in [-0.2, 0) is 0 Å². The second-order valence-electron chi connectivity index (χ2n) is 8.11. The highest BCUT2D eigenvalue weighted by molar-refractivity contribution is 8.00. The third kappa shape index (κ3) is 5.29. The Hall–Kier alpha value is -0.420. The quantitative estimate of drug-likeness (QED) is 0.610. The van der Waals surface area contributed by atoms with E-state index in [1.54, 1.807) is 0 Å². The summed E-state index contributed by atoms with van der Waals surface area (Å²) in [4.78, 5) is 10.3. The molecule has 0 bridgehead atoms. The fourth-order valence-electron chi connectivity index (χ4n) is 4.75. The summed E-state index contributed by atoms with van der Waals surface area (Å²) in [6.07, 6.45) is 9.77. The Morgan fingerprint density at radius 3 is 2.76 bits per heavy atom. The van der Waals surface area contributed by atoms with Crippen molar-refractivity contribution in [2.75, 3.05) is 51.6 Å². The number of aliphatic imine (C=N–C) groups is 1. The number of rotatable bonds is 4. The van der Waals surface area contributed by atoms with E-state index in [2.05, 4.69) is 40.7 Å². The van der Waals surface area contributed by atoms with E-state index >= 15 is 0 Å². The monoisotopic (exact) mass is 366 g/mol. The molecule has 4 nitrogen and oxygen atoms in total. The van der Waals surface area contributed by atoms with Gasteiger partial charge in [-0.2, -0.15) is 11.8 Å². The zero-order valence-electron chi connectivity index (χ0n) is 16.4. The third-order valence-corrected chi connectivity index (χ3v) is 7.73. The van der Waals surface area contributed by atoms with Crippen LogP contribution in [0.2, 0.25) is 0 Å². The molecule has 0 aromatic carbocycles. The van der Waals surface area contributed by atoms with E-state index in [9.17, 15) is 0 Å². The summed E-state index contributed by atoms with van der Waals surface area (Å²) in [6.45, 7) is 12.5. The molecular formula is C20H38N4S. The number of likely N-dealkylation sites (tertiary alicyclic amines) is 1. The molecule has 1 saturated carbocycles. The summed E-state index contributed by atoms with van der Waals surface area (Å²) in [5.41, 5.74) is 0. The number of nitrogens with zero attached hydrogens (tertiary/aromatic N) is 3. The Bertz CT molecular complexity index is 428. The average Bonchev–Trinajstić information content (AvgIpc) is 2.66. The van der Waals surface area contributed by atoms with Gasteiger partial charge < -0.3 is 15.1 Å². The van der Waals surface area contributed by atoms with Crippen LogP contribution in [0.15, 0.2) is 4.99 Å². The highest BCUT2D eigenvalue weighted by Gasteiger charge is 2.38. The lowest BCUT2D eigenvalue weighted by molar-refractivity contribution is 0.186. The van der Waals surface area contributed by atoms with E-state index in [1.807, 2.05) is 0 Å². The topological polar surface area (TPSA) is 30.9 Å². The molecule has 144 valence electrons. The number of guanidine groups is 1. The molecule has 0 aromatic heterocycles. The molecule has 1 N–H and O–H groups in total. The molecular weight excluding hydrogens is 328 g/mol. The number of hydrogen-bond donors (Lipinski definition) is 1. The normalized spacial score (nSPS) is 28.3. The van der Waals surface area contributed by atoms with E-state index in [1.165, 1.54) is 82.8 Å². The van der Waals surface area contributed by atoms with Gasteiger partial charge >= 0.3 is 0 Å². The van der Waals surface area contributed by atoms with Crippen molar-refractivity contribution in [3.63, 3.8) is 0 Å². The van der Waals surface area contributed by atoms with Crippen LogP contribution < -0.4 is 5.32 Å². The van der Waals surface area contributed by atoms with E-state index in [4.69, 9.17) is 4.99 Å². The Labute approximate surface area is 159 Å². The van der Waals surface area contributed by atoms with Crippen LogP contribution in [0.4, 0.5) is 0 Å². The zero-order chi connectivity index (χ0) is 17.5. The van der Waals surface area contributed by atoms with Gasteiger partial charge in [-0.15, -0.1) is 0 Å². The van der Waals surface area contributed by atoms with Gasteiger partial charge in [0.2, 0.25) is 0 Å². The van der Waals surface area contributed by atoms with Crippen molar-refractivity contribution in [2.45, 2.75) is 63.5 Å². The smallest absolute Gasteiger partial charge is 0.193 e. The van der Waals surface area contributed by atoms with Crippen molar-refractivity contribution < 1.29 is 0 Å². The van der Waals surface area contributed by atoms with Crippen LogP contribution >= 0.6 is 11.8 Å². The van der Waals surface area contributed by atoms with Gasteiger partial charge in [0.25, 0.3) is 0 Å². The van der Waals surface area contributed by atoms with Crippen LogP contribution in [0.5, 0.6) is 0 Å². The molecule has 1 aliphatic carbocycles. The van der Waals surface area contributed by atoms with Crippen LogP contribution in [0.1, 0.15) is 58.8 Å². The third-order valence-electron chi connectivity index (χ3n) is 6.20. The van der Waals surface area contributed by atoms with Crippen molar-refractivity contribution in [2.24, 2.45) is 10.9 Å². The maximum absolute atomic E-state index is 5.10. The molecule has 3 rings (SSSR count). The fraction of sp³-hybridized carbons (Fsp3) is 0.950. The lowest BCUT2D eigenvalue weighted by atomic mass is 9.87. The highest BCUT2D eigenvalue weighted by atomic mass is 32.2. The van der Waals surface area contributed by atoms with Gasteiger partial charge in [-0.05, 0) is 51.6 Å². The van der Waals surface area contributed by atoms with Crippen LogP contribution in [0.25, 0.3) is 0 Å². The van der Waals surface area contributed by atoms with Gasteiger partial charge in [0.15, 0.2) is 5.96 Å². The summed E-state index contributed by atoms with van der Waals surface area (Å²) in [5, 5.41) is 3.59. The summed E-state index contributed by atoms with van der Waals surface area (Å²) >= 11 is 2.24. The minimum atomic E-state index is 0.510. The second kappa shape index (κ2) is 9.50. The highest BCUT2D eigenvalue weighted by Crippen LogP contribution is 2.42. The van der Waals surface area contributed by atoms with Crippen LogP contribution in [0.3, 0.4) is 0 Å². The summed E-state index contributed by atoms with van der Waals surface area (Å²) < 4.78 is 0.510. The predicted molar refractivity (Wildman–Crippen MR) is 111 cm³/mol. The lowest BCUT2D eigenvalue weighted by Crippen LogP contribution is -2.53. The van der Waals surface area contributed by atoms with Crippen molar-refractivity contribution in [3.8, 4) is 0 Å². The first-order valence-corrected chi connectivity index (χ1v) is 11.6. The Balaban J connectivity index is 1.61. The largest absolute Gasteiger partial charge is 0.357 e. The number of hydrogen-bond acceptors (Lipinski definition) is 3. The summed E-state index contributed by atoms with van der Waals surface area (Å²) in [5.74, 6) is 3.18. The average molecular weight is 367 g/mol. The molecule has 0 radical (unpaired) electrons. The van der Waals surface area contributed by atoms with Crippen LogP contribution in [-0.4, -0.2) is 72.1 Å². The standard InChI is InChI=1S/C20H38N4S/c1-3-21-19(22-15-18-9-8-12-23(4-2)16-18)24-13-14-25-20(17-24)10-6-5-7-11-20/h18H,3-17H2,1-2H3,(H,21,22). The first kappa shape index (κ1) is 19.3. The Morgan fingerprint density at radius 2 is 2.00 bits per heavy atom. The van der Waals surface area contributed by atoms with E-state index in [0.29, 0.717) is 4.75 Å². The molecule has 2 saturated heterocycles. The molecule has 0 aromatic rings. The molecule has 25 heavy (non-hydrogen) atoms.